The highest BCUT2D eigenvalue weighted by Crippen LogP contribution is 2.15. The van der Waals surface area contributed by atoms with Crippen LogP contribution in [-0.2, 0) is 17.8 Å². The van der Waals surface area contributed by atoms with E-state index >= 15 is 0 Å². The van der Waals surface area contributed by atoms with E-state index < -0.39 is 0 Å². The zero-order valence-corrected chi connectivity index (χ0v) is 15.1. The summed E-state index contributed by atoms with van der Waals surface area (Å²) in [6.07, 6.45) is 0.382. The molecule has 0 aliphatic rings. The van der Waals surface area contributed by atoms with Gasteiger partial charge in [-0.25, -0.2) is 0 Å². The molecule has 4 nitrogen and oxygen atoms in total. The zero-order valence-electron chi connectivity index (χ0n) is 15.1. The summed E-state index contributed by atoms with van der Waals surface area (Å²) in [5.74, 6) is 0.478. The topological polar surface area (TPSA) is 56.1 Å². The average molecular weight is 335 g/mol. The summed E-state index contributed by atoms with van der Waals surface area (Å²) in [7, 11) is 1.94. The number of hydrogen-bond donors (Lipinski definition) is 1. The van der Waals surface area contributed by atoms with Crippen LogP contribution in [0.15, 0.2) is 48.5 Å². The molecule has 0 radical (unpaired) electrons. The first-order valence-electron chi connectivity index (χ1n) is 8.51. The van der Waals surface area contributed by atoms with Crippen LogP contribution in [0.1, 0.15) is 36.5 Å². The van der Waals surface area contributed by atoms with E-state index in [1.54, 1.807) is 0 Å². The van der Waals surface area contributed by atoms with Crippen LogP contribution in [0, 0.1) is 11.3 Å². The number of nitrogens with one attached hydrogen (secondary N) is 1. The van der Waals surface area contributed by atoms with Gasteiger partial charge in [0.2, 0.25) is 5.91 Å². The summed E-state index contributed by atoms with van der Waals surface area (Å²) in [6.45, 7) is 5.41. The summed E-state index contributed by atoms with van der Waals surface area (Å²) >= 11 is 0. The van der Waals surface area contributed by atoms with Crippen molar-refractivity contribution >= 4 is 11.6 Å². The first-order chi connectivity index (χ1) is 12.0. The van der Waals surface area contributed by atoms with Gasteiger partial charge < -0.3 is 5.32 Å². The molecule has 4 heteroatoms. The number of nitriles is 1. The van der Waals surface area contributed by atoms with Crippen molar-refractivity contribution in [1.82, 2.24) is 4.90 Å². The van der Waals surface area contributed by atoms with Gasteiger partial charge in [0.05, 0.1) is 19.0 Å². The lowest BCUT2D eigenvalue weighted by atomic mass is 10.0. The molecule has 0 aromatic heterocycles. The number of nitrogens with zero attached hydrogens (tertiary/aromatic N) is 2. The van der Waals surface area contributed by atoms with Crippen LogP contribution in [-0.4, -0.2) is 24.4 Å². The van der Waals surface area contributed by atoms with Crippen molar-refractivity contribution in [2.75, 3.05) is 18.9 Å². The smallest absolute Gasteiger partial charge is 0.238 e. The second-order valence-corrected chi connectivity index (χ2v) is 6.65. The van der Waals surface area contributed by atoms with Gasteiger partial charge in [0.15, 0.2) is 0 Å². The van der Waals surface area contributed by atoms with E-state index in [4.69, 9.17) is 5.26 Å². The minimum Gasteiger partial charge on any atom is -0.325 e. The Hall–Kier alpha value is -2.64. The van der Waals surface area contributed by atoms with Crippen molar-refractivity contribution < 1.29 is 4.79 Å². The highest BCUT2D eigenvalue weighted by atomic mass is 16.2. The fourth-order valence-corrected chi connectivity index (χ4v) is 2.62. The molecule has 0 bridgehead atoms. The number of carbonyl (C=O) groups excluding carboxylic acids is 1. The lowest BCUT2D eigenvalue weighted by molar-refractivity contribution is -0.117. The van der Waals surface area contributed by atoms with Crippen LogP contribution in [0.5, 0.6) is 0 Å². The van der Waals surface area contributed by atoms with Crippen molar-refractivity contribution in [3.05, 3.63) is 65.2 Å². The van der Waals surface area contributed by atoms with E-state index in [1.807, 2.05) is 36.2 Å². The van der Waals surface area contributed by atoms with E-state index in [0.29, 0.717) is 18.9 Å². The lowest BCUT2D eigenvalue weighted by Crippen LogP contribution is -2.29. The van der Waals surface area contributed by atoms with Gasteiger partial charge in [0, 0.05) is 12.2 Å². The van der Waals surface area contributed by atoms with Crippen LogP contribution in [0.2, 0.25) is 0 Å². The van der Waals surface area contributed by atoms with E-state index in [1.165, 1.54) is 11.1 Å². The molecule has 1 N–H and O–H groups in total. The maximum atomic E-state index is 12.2. The van der Waals surface area contributed by atoms with Crippen molar-refractivity contribution in [2.45, 2.75) is 32.7 Å². The maximum absolute atomic E-state index is 12.2. The molecule has 0 saturated carbocycles. The van der Waals surface area contributed by atoms with Crippen molar-refractivity contribution in [2.24, 2.45) is 0 Å². The molecule has 2 aromatic carbocycles. The highest BCUT2D eigenvalue weighted by molar-refractivity contribution is 5.92. The predicted octanol–water partition coefficient (Wildman–Crippen LogP) is 3.95. The fraction of sp³-hybridized carbons (Fsp3) is 0.333. The molecule has 0 fully saturated rings. The summed E-state index contributed by atoms with van der Waals surface area (Å²) in [4.78, 5) is 14.2. The summed E-state index contributed by atoms with van der Waals surface area (Å²) in [5.41, 5.74) is 4.22. The van der Waals surface area contributed by atoms with Gasteiger partial charge in [-0.2, -0.15) is 5.26 Å². The molecule has 0 atom stereocenters. The van der Waals surface area contributed by atoms with Crippen molar-refractivity contribution in [3.8, 4) is 6.07 Å². The van der Waals surface area contributed by atoms with Crippen LogP contribution in [0.4, 0.5) is 5.69 Å². The molecular formula is C21H25N3O. The largest absolute Gasteiger partial charge is 0.325 e. The Labute approximate surface area is 150 Å². The van der Waals surface area contributed by atoms with Crippen molar-refractivity contribution in [3.63, 3.8) is 0 Å². The molecule has 0 aliphatic carbocycles. The standard InChI is InChI=1S/C21H25N3O/c1-16(2)19-8-4-18(5-9-19)14-24(3)15-21(25)23-20-10-6-17(7-11-20)12-13-22/h4-11,16H,12,14-15H2,1-3H3,(H,23,25). The molecule has 1 amide bonds. The maximum Gasteiger partial charge on any atom is 0.238 e. The Kier molecular flexibility index (Phi) is 6.73. The normalized spacial score (nSPS) is 10.7. The second-order valence-electron chi connectivity index (χ2n) is 6.65. The van der Waals surface area contributed by atoms with Crippen LogP contribution in [0.25, 0.3) is 0 Å². The number of anilines is 1. The minimum absolute atomic E-state index is 0.0469. The van der Waals surface area contributed by atoms with Gasteiger partial charge in [-0.05, 0) is 41.8 Å². The first-order valence-corrected chi connectivity index (χ1v) is 8.51. The van der Waals surface area contributed by atoms with Crippen LogP contribution >= 0.6 is 0 Å². The lowest BCUT2D eigenvalue weighted by Gasteiger charge is -2.17. The summed E-state index contributed by atoms with van der Waals surface area (Å²) in [5, 5.41) is 11.6. The first kappa shape index (κ1) is 18.7. The van der Waals surface area contributed by atoms with E-state index in [0.717, 1.165) is 17.8 Å². The zero-order chi connectivity index (χ0) is 18.2. The monoisotopic (exact) mass is 335 g/mol. The van der Waals surface area contributed by atoms with Gasteiger partial charge in [-0.1, -0.05) is 50.2 Å². The third kappa shape index (κ3) is 6.06. The van der Waals surface area contributed by atoms with Gasteiger partial charge in [-0.3, -0.25) is 9.69 Å². The number of rotatable bonds is 7. The second kappa shape index (κ2) is 9.00. The Morgan fingerprint density at radius 3 is 2.24 bits per heavy atom. The van der Waals surface area contributed by atoms with Gasteiger partial charge in [-0.15, -0.1) is 0 Å². The Morgan fingerprint density at radius 1 is 1.08 bits per heavy atom. The van der Waals surface area contributed by atoms with E-state index in [-0.39, 0.29) is 5.91 Å². The van der Waals surface area contributed by atoms with Gasteiger partial charge in [0.1, 0.15) is 0 Å². The van der Waals surface area contributed by atoms with Crippen LogP contribution in [0.3, 0.4) is 0 Å². The van der Waals surface area contributed by atoms with Crippen molar-refractivity contribution in [1.29, 1.82) is 5.26 Å². The molecule has 0 saturated heterocycles. The summed E-state index contributed by atoms with van der Waals surface area (Å²) in [6, 6.07) is 18.0. The molecule has 0 spiro atoms. The van der Waals surface area contributed by atoms with E-state index in [9.17, 15) is 4.79 Å². The van der Waals surface area contributed by atoms with E-state index in [2.05, 4.69) is 49.5 Å². The number of carbonyl (C=O) groups is 1. The molecule has 0 heterocycles. The highest BCUT2D eigenvalue weighted by Gasteiger charge is 2.08. The third-order valence-corrected chi connectivity index (χ3v) is 4.03. The number of amides is 1. The molecule has 0 aliphatic heterocycles. The molecule has 2 rings (SSSR count). The summed E-state index contributed by atoms with van der Waals surface area (Å²) < 4.78 is 0. The number of benzene rings is 2. The fourth-order valence-electron chi connectivity index (χ4n) is 2.62. The van der Waals surface area contributed by atoms with Gasteiger partial charge in [0.25, 0.3) is 0 Å². The Balaban J connectivity index is 1.84. The molecular weight excluding hydrogens is 310 g/mol. The SMILES string of the molecule is CC(C)c1ccc(CN(C)CC(=O)Nc2ccc(CC#N)cc2)cc1. The van der Waals surface area contributed by atoms with Crippen LogP contribution < -0.4 is 5.32 Å². The molecule has 130 valence electrons. The molecule has 0 unspecified atom stereocenters. The minimum atomic E-state index is -0.0469. The van der Waals surface area contributed by atoms with Gasteiger partial charge >= 0.3 is 0 Å². The Morgan fingerprint density at radius 2 is 1.68 bits per heavy atom. The quantitative estimate of drug-likeness (QED) is 0.833. The number of hydrogen-bond acceptors (Lipinski definition) is 3. The molecule has 2 aromatic rings. The average Bonchev–Trinajstić information content (AvgIpc) is 2.57. The predicted molar refractivity (Wildman–Crippen MR) is 101 cm³/mol. The molecule has 25 heavy (non-hydrogen) atoms. The number of likely N-dealkylation sites (N-methyl/N-ethyl adjacent to an activating group) is 1. The Bertz CT molecular complexity index is 727. The third-order valence-electron chi connectivity index (χ3n) is 4.03.